The molecule has 144 valence electrons. The van der Waals surface area contributed by atoms with Crippen LogP contribution in [0.1, 0.15) is 16.8 Å². The van der Waals surface area contributed by atoms with Crippen LogP contribution in [0.2, 0.25) is 5.02 Å². The minimum Gasteiger partial charge on any atom is -0.490 e. The number of benzene rings is 2. The van der Waals surface area contributed by atoms with Crippen LogP contribution in [0.15, 0.2) is 41.3 Å². The summed E-state index contributed by atoms with van der Waals surface area (Å²) in [5, 5.41) is 2.99. The van der Waals surface area contributed by atoms with Gasteiger partial charge in [0.25, 0.3) is 5.91 Å². The van der Waals surface area contributed by atoms with E-state index >= 15 is 0 Å². The molecule has 1 aliphatic rings. The van der Waals surface area contributed by atoms with Gasteiger partial charge >= 0.3 is 0 Å². The third kappa shape index (κ3) is 4.18. The fraction of sp³-hybridized carbons (Fsp3) is 0.278. The van der Waals surface area contributed by atoms with Crippen LogP contribution in [0, 0.1) is 0 Å². The van der Waals surface area contributed by atoms with Crippen molar-refractivity contribution in [2.75, 3.05) is 32.6 Å². The summed E-state index contributed by atoms with van der Waals surface area (Å²) < 4.78 is 36.8. The third-order valence-electron chi connectivity index (χ3n) is 3.96. The number of fused-ring (bicyclic) bond motifs is 1. The van der Waals surface area contributed by atoms with Gasteiger partial charge in [-0.2, -0.15) is 0 Å². The molecule has 0 aliphatic carbocycles. The number of amides is 1. The van der Waals surface area contributed by atoms with E-state index in [2.05, 4.69) is 5.32 Å². The van der Waals surface area contributed by atoms with Crippen LogP contribution < -0.4 is 14.8 Å². The Labute approximate surface area is 162 Å². The van der Waals surface area contributed by atoms with Crippen molar-refractivity contribution in [1.29, 1.82) is 0 Å². The molecule has 0 aromatic heterocycles. The maximum Gasteiger partial charge on any atom is 0.255 e. The Morgan fingerprint density at radius 3 is 2.44 bits per heavy atom. The zero-order chi connectivity index (χ0) is 19.6. The van der Waals surface area contributed by atoms with Gasteiger partial charge in [-0.25, -0.2) is 12.7 Å². The summed E-state index contributed by atoms with van der Waals surface area (Å²) in [5.41, 5.74) is 0.549. The second kappa shape index (κ2) is 7.75. The zero-order valence-corrected chi connectivity index (χ0v) is 16.4. The van der Waals surface area contributed by atoms with E-state index in [9.17, 15) is 13.2 Å². The van der Waals surface area contributed by atoms with Gasteiger partial charge in [0.05, 0.1) is 28.8 Å². The Kier molecular flexibility index (Phi) is 5.59. The van der Waals surface area contributed by atoms with Gasteiger partial charge in [0.15, 0.2) is 11.5 Å². The monoisotopic (exact) mass is 410 g/mol. The van der Waals surface area contributed by atoms with E-state index in [1.165, 1.54) is 38.4 Å². The summed E-state index contributed by atoms with van der Waals surface area (Å²) in [6, 6.07) is 8.99. The number of sulfonamides is 1. The van der Waals surface area contributed by atoms with Crippen LogP contribution in [0.5, 0.6) is 11.5 Å². The highest BCUT2D eigenvalue weighted by molar-refractivity contribution is 7.89. The Bertz CT molecular complexity index is 976. The van der Waals surface area contributed by atoms with Crippen LogP contribution in [0.25, 0.3) is 0 Å². The standard InChI is InChI=1S/C18H19ClN2O5S/c1-21(2)27(23,24)13-6-3-5-12(9-13)18(22)20-15-11-17-16(10-14(15)19)25-7-4-8-26-17/h3,5-6,9-11H,4,7-8H2,1-2H3,(H,20,22). The van der Waals surface area contributed by atoms with Crippen LogP contribution in [0.4, 0.5) is 5.69 Å². The molecular formula is C18H19ClN2O5S. The maximum atomic E-state index is 12.6. The summed E-state index contributed by atoms with van der Waals surface area (Å²) >= 11 is 6.24. The fourth-order valence-corrected chi connectivity index (χ4v) is 3.63. The molecule has 1 heterocycles. The summed E-state index contributed by atoms with van der Waals surface area (Å²) in [7, 11) is -0.779. The molecule has 1 amide bonds. The lowest BCUT2D eigenvalue weighted by Gasteiger charge is -2.14. The van der Waals surface area contributed by atoms with Crippen molar-refractivity contribution in [2.45, 2.75) is 11.3 Å². The minimum absolute atomic E-state index is 0.0323. The summed E-state index contributed by atoms with van der Waals surface area (Å²) in [6.07, 6.45) is 0.751. The summed E-state index contributed by atoms with van der Waals surface area (Å²) in [5.74, 6) is 0.535. The van der Waals surface area contributed by atoms with Crippen LogP contribution in [0.3, 0.4) is 0 Å². The highest BCUT2D eigenvalue weighted by Crippen LogP contribution is 2.37. The molecule has 0 atom stereocenters. The Morgan fingerprint density at radius 1 is 1.11 bits per heavy atom. The third-order valence-corrected chi connectivity index (χ3v) is 6.08. The molecule has 0 fully saturated rings. The summed E-state index contributed by atoms with van der Waals surface area (Å²) in [4.78, 5) is 12.6. The Balaban J connectivity index is 1.87. The quantitative estimate of drug-likeness (QED) is 0.837. The minimum atomic E-state index is -3.64. The summed E-state index contributed by atoms with van der Waals surface area (Å²) in [6.45, 7) is 1.04. The highest BCUT2D eigenvalue weighted by atomic mass is 35.5. The first-order valence-electron chi connectivity index (χ1n) is 8.22. The lowest BCUT2D eigenvalue weighted by atomic mass is 10.2. The van der Waals surface area contributed by atoms with Gasteiger partial charge in [-0.3, -0.25) is 4.79 Å². The number of ether oxygens (including phenoxy) is 2. The van der Waals surface area contributed by atoms with Gasteiger partial charge in [-0.1, -0.05) is 17.7 Å². The normalized spacial score (nSPS) is 13.9. The van der Waals surface area contributed by atoms with Crippen molar-refractivity contribution in [1.82, 2.24) is 4.31 Å². The van der Waals surface area contributed by atoms with Gasteiger partial charge in [0, 0.05) is 38.2 Å². The zero-order valence-electron chi connectivity index (χ0n) is 14.9. The molecule has 2 aromatic rings. The lowest BCUT2D eigenvalue weighted by molar-refractivity contribution is 0.102. The van der Waals surface area contributed by atoms with E-state index in [0.717, 1.165) is 10.7 Å². The molecule has 0 spiro atoms. The number of nitrogens with zero attached hydrogens (tertiary/aromatic N) is 1. The van der Waals surface area contributed by atoms with Gasteiger partial charge in [0.2, 0.25) is 10.0 Å². The number of rotatable bonds is 4. The molecule has 1 N–H and O–H groups in total. The average Bonchev–Trinajstić information content (AvgIpc) is 2.86. The van der Waals surface area contributed by atoms with Gasteiger partial charge in [0.1, 0.15) is 0 Å². The first-order chi connectivity index (χ1) is 12.8. The number of nitrogens with one attached hydrogen (secondary N) is 1. The van der Waals surface area contributed by atoms with E-state index < -0.39 is 15.9 Å². The average molecular weight is 411 g/mol. The maximum absolute atomic E-state index is 12.6. The predicted molar refractivity (Wildman–Crippen MR) is 102 cm³/mol. The second-order valence-corrected chi connectivity index (χ2v) is 8.66. The van der Waals surface area contributed by atoms with Crippen LogP contribution in [-0.2, 0) is 10.0 Å². The smallest absolute Gasteiger partial charge is 0.255 e. The molecule has 3 rings (SSSR count). The van der Waals surface area contributed by atoms with Crippen LogP contribution in [-0.4, -0.2) is 45.9 Å². The number of halogens is 1. The largest absolute Gasteiger partial charge is 0.490 e. The Hall–Kier alpha value is -2.29. The van der Waals surface area contributed by atoms with Crippen molar-refractivity contribution in [3.63, 3.8) is 0 Å². The first kappa shape index (κ1) is 19.5. The number of carbonyl (C=O) groups is 1. The molecule has 0 radical (unpaired) electrons. The Morgan fingerprint density at radius 2 is 1.78 bits per heavy atom. The molecular weight excluding hydrogens is 392 g/mol. The van der Waals surface area contributed by atoms with E-state index in [0.29, 0.717) is 35.4 Å². The number of carbonyl (C=O) groups excluding carboxylic acids is 1. The van der Waals surface area contributed by atoms with E-state index in [-0.39, 0.29) is 10.5 Å². The second-order valence-electron chi connectivity index (χ2n) is 6.10. The van der Waals surface area contributed by atoms with Crippen LogP contribution >= 0.6 is 11.6 Å². The highest BCUT2D eigenvalue weighted by Gasteiger charge is 2.20. The predicted octanol–water partition coefficient (Wildman–Crippen LogP) is 3.00. The van der Waals surface area contributed by atoms with E-state index in [4.69, 9.17) is 21.1 Å². The van der Waals surface area contributed by atoms with Crippen molar-refractivity contribution < 1.29 is 22.7 Å². The molecule has 27 heavy (non-hydrogen) atoms. The first-order valence-corrected chi connectivity index (χ1v) is 10.0. The molecule has 1 aliphatic heterocycles. The molecule has 0 unspecified atom stereocenters. The molecule has 9 heteroatoms. The topological polar surface area (TPSA) is 84.9 Å². The molecule has 2 aromatic carbocycles. The van der Waals surface area contributed by atoms with Crippen molar-refractivity contribution >= 4 is 33.2 Å². The molecule has 0 saturated carbocycles. The molecule has 0 saturated heterocycles. The van der Waals surface area contributed by atoms with Gasteiger partial charge in [-0.15, -0.1) is 0 Å². The number of anilines is 1. The number of hydrogen-bond donors (Lipinski definition) is 1. The molecule has 0 bridgehead atoms. The lowest BCUT2D eigenvalue weighted by Crippen LogP contribution is -2.22. The van der Waals surface area contributed by atoms with Crippen molar-refractivity contribution in [3.8, 4) is 11.5 Å². The van der Waals surface area contributed by atoms with Crippen molar-refractivity contribution in [3.05, 3.63) is 47.0 Å². The van der Waals surface area contributed by atoms with E-state index in [1.54, 1.807) is 12.1 Å². The van der Waals surface area contributed by atoms with Gasteiger partial charge in [-0.05, 0) is 18.2 Å². The SMILES string of the molecule is CN(C)S(=O)(=O)c1cccc(C(=O)Nc2cc3c(cc2Cl)OCCCO3)c1. The number of hydrogen-bond acceptors (Lipinski definition) is 5. The molecule has 7 nitrogen and oxygen atoms in total. The fourth-order valence-electron chi connectivity index (χ4n) is 2.48. The van der Waals surface area contributed by atoms with E-state index in [1.807, 2.05) is 0 Å². The van der Waals surface area contributed by atoms with Crippen molar-refractivity contribution in [2.24, 2.45) is 0 Å². The van der Waals surface area contributed by atoms with Gasteiger partial charge < -0.3 is 14.8 Å².